The summed E-state index contributed by atoms with van der Waals surface area (Å²) in [6.07, 6.45) is 2.39. The van der Waals surface area contributed by atoms with Gasteiger partial charge in [0.05, 0.1) is 11.0 Å². The summed E-state index contributed by atoms with van der Waals surface area (Å²) in [6, 6.07) is 16.3. The van der Waals surface area contributed by atoms with Crippen LogP contribution in [-0.2, 0) is 24.3 Å². The van der Waals surface area contributed by atoms with Crippen molar-refractivity contribution in [3.05, 3.63) is 65.5 Å². The Balaban J connectivity index is 1.55. The van der Waals surface area contributed by atoms with Crippen LogP contribution in [0.4, 0.5) is 5.82 Å². The van der Waals surface area contributed by atoms with Crippen LogP contribution in [0, 0.1) is 0 Å². The predicted octanol–water partition coefficient (Wildman–Crippen LogP) is 3.44. The van der Waals surface area contributed by atoms with Gasteiger partial charge in [-0.2, -0.15) is 0 Å². The van der Waals surface area contributed by atoms with Crippen molar-refractivity contribution in [1.82, 2.24) is 19.4 Å². The molecule has 1 aliphatic rings. The van der Waals surface area contributed by atoms with Crippen molar-refractivity contribution in [1.29, 1.82) is 0 Å². The van der Waals surface area contributed by atoms with E-state index in [1.54, 1.807) is 0 Å². The van der Waals surface area contributed by atoms with Crippen LogP contribution < -0.4 is 5.73 Å². The number of aromatic nitrogens is 3. The normalized spacial score (nSPS) is 14.6. The lowest BCUT2D eigenvalue weighted by molar-refractivity contribution is -0.136. The molecule has 0 unspecified atom stereocenters. The minimum absolute atomic E-state index is 0.171. The first kappa shape index (κ1) is 19.5. The highest BCUT2D eigenvalue weighted by Crippen LogP contribution is 2.29. The maximum atomic E-state index is 11.5. The molecule has 0 saturated carbocycles. The molecule has 0 aliphatic carbocycles. The molecule has 7 heteroatoms. The average molecular weight is 415 g/mol. The second-order valence-corrected chi connectivity index (χ2v) is 8.20. The molecule has 0 amide bonds. The number of nitrogens with zero attached hydrogens (tertiary/aromatic N) is 4. The first-order chi connectivity index (χ1) is 15.1. The number of imidazole rings is 1. The Hall–Kier alpha value is -3.45. The third-order valence-electron chi connectivity index (χ3n) is 5.97. The monoisotopic (exact) mass is 415 g/mol. The smallest absolute Gasteiger partial charge is 0.311 e. The standard InChI is InChI=1S/C24H25N5O2/c25-24-22-23(18-5-1-2-6-19(18)26-24)29(20(27-22)13-21(30)31)15-17-9-7-16(8-10-17)14-28-11-3-4-12-28/h1-2,5-10H,3-4,11-15H2,(H2,25,26)(H,30,31). The number of para-hydroxylation sites is 1. The van der Waals surface area contributed by atoms with Gasteiger partial charge >= 0.3 is 5.97 Å². The van der Waals surface area contributed by atoms with Crippen molar-refractivity contribution in [2.45, 2.75) is 32.4 Å². The molecule has 2 aromatic heterocycles. The number of hydrogen-bond acceptors (Lipinski definition) is 5. The van der Waals surface area contributed by atoms with E-state index in [9.17, 15) is 9.90 Å². The number of nitrogens with two attached hydrogens (primary N) is 1. The minimum atomic E-state index is -0.923. The molecular weight excluding hydrogens is 390 g/mol. The zero-order chi connectivity index (χ0) is 21.4. The zero-order valence-corrected chi connectivity index (χ0v) is 17.3. The Bertz CT molecular complexity index is 1260. The Morgan fingerprint density at radius 3 is 2.35 bits per heavy atom. The van der Waals surface area contributed by atoms with Crippen LogP contribution in [0.3, 0.4) is 0 Å². The molecule has 0 spiro atoms. The number of aliphatic carboxylic acids is 1. The number of carbonyl (C=O) groups is 1. The van der Waals surface area contributed by atoms with Crippen molar-refractivity contribution in [3.63, 3.8) is 0 Å². The van der Waals surface area contributed by atoms with E-state index in [1.807, 2.05) is 28.8 Å². The van der Waals surface area contributed by atoms with Crippen LogP contribution in [0.15, 0.2) is 48.5 Å². The number of carboxylic acids is 1. The van der Waals surface area contributed by atoms with Crippen molar-refractivity contribution in [2.24, 2.45) is 0 Å². The molecule has 0 bridgehead atoms. The lowest BCUT2D eigenvalue weighted by Crippen LogP contribution is -2.18. The van der Waals surface area contributed by atoms with Crippen LogP contribution in [0.25, 0.3) is 21.9 Å². The highest BCUT2D eigenvalue weighted by Gasteiger charge is 2.19. The first-order valence-corrected chi connectivity index (χ1v) is 10.6. The van der Waals surface area contributed by atoms with Gasteiger partial charge in [0.1, 0.15) is 17.8 Å². The van der Waals surface area contributed by atoms with Crippen LogP contribution in [0.1, 0.15) is 29.8 Å². The summed E-state index contributed by atoms with van der Waals surface area (Å²) < 4.78 is 1.97. The molecule has 3 heterocycles. The molecule has 1 aliphatic heterocycles. The SMILES string of the molecule is Nc1nc2ccccc2c2c1nc(CC(=O)O)n2Cc1ccc(CN2CCCC2)cc1. The van der Waals surface area contributed by atoms with Crippen LogP contribution >= 0.6 is 0 Å². The summed E-state index contributed by atoms with van der Waals surface area (Å²) in [5.41, 5.74) is 10.7. The maximum absolute atomic E-state index is 11.5. The number of likely N-dealkylation sites (tertiary alicyclic amines) is 1. The van der Waals surface area contributed by atoms with Gasteiger partial charge in [-0.25, -0.2) is 9.97 Å². The molecule has 1 fully saturated rings. The summed E-state index contributed by atoms with van der Waals surface area (Å²) in [5.74, 6) is -0.123. The largest absolute Gasteiger partial charge is 0.481 e. The Kier molecular flexibility index (Phi) is 5.03. The summed E-state index contributed by atoms with van der Waals surface area (Å²) in [7, 11) is 0. The highest BCUT2D eigenvalue weighted by molar-refractivity contribution is 6.06. The maximum Gasteiger partial charge on any atom is 0.311 e. The first-order valence-electron chi connectivity index (χ1n) is 10.6. The molecule has 0 radical (unpaired) electrons. The second kappa shape index (κ2) is 8.00. The molecule has 4 aromatic rings. The fourth-order valence-corrected chi connectivity index (χ4v) is 4.48. The number of pyridine rings is 1. The minimum Gasteiger partial charge on any atom is -0.481 e. The van der Waals surface area contributed by atoms with Gasteiger partial charge < -0.3 is 15.4 Å². The number of fused-ring (bicyclic) bond motifs is 3. The Morgan fingerprint density at radius 1 is 0.968 bits per heavy atom. The van der Waals surface area contributed by atoms with Gasteiger partial charge in [-0.1, -0.05) is 42.5 Å². The van der Waals surface area contributed by atoms with Crippen molar-refractivity contribution in [3.8, 4) is 0 Å². The summed E-state index contributed by atoms with van der Waals surface area (Å²) >= 11 is 0. The molecule has 1 saturated heterocycles. The van der Waals surface area contributed by atoms with Gasteiger partial charge in [0.25, 0.3) is 0 Å². The number of anilines is 1. The van der Waals surface area contributed by atoms with Crippen molar-refractivity contribution < 1.29 is 9.90 Å². The van der Waals surface area contributed by atoms with E-state index in [0.29, 0.717) is 23.7 Å². The molecule has 0 atom stereocenters. The molecule has 31 heavy (non-hydrogen) atoms. The topological polar surface area (TPSA) is 97.3 Å². The van der Waals surface area contributed by atoms with Gasteiger partial charge in [0, 0.05) is 18.5 Å². The number of nitrogen functional groups attached to an aromatic ring is 1. The van der Waals surface area contributed by atoms with Crippen LogP contribution in [0.2, 0.25) is 0 Å². The third kappa shape index (κ3) is 3.84. The fourth-order valence-electron chi connectivity index (χ4n) is 4.48. The second-order valence-electron chi connectivity index (χ2n) is 8.20. The van der Waals surface area contributed by atoms with E-state index in [4.69, 9.17) is 5.73 Å². The van der Waals surface area contributed by atoms with Crippen molar-refractivity contribution >= 4 is 33.7 Å². The van der Waals surface area contributed by atoms with E-state index in [-0.39, 0.29) is 6.42 Å². The van der Waals surface area contributed by atoms with Gasteiger partial charge in [0.15, 0.2) is 5.82 Å². The zero-order valence-electron chi connectivity index (χ0n) is 17.3. The fraction of sp³-hybridized carbons (Fsp3) is 0.292. The summed E-state index contributed by atoms with van der Waals surface area (Å²) in [5, 5.41) is 10.4. The number of rotatable bonds is 6. The lowest BCUT2D eigenvalue weighted by Gasteiger charge is -2.15. The van der Waals surface area contributed by atoms with E-state index in [2.05, 4.69) is 39.1 Å². The van der Waals surface area contributed by atoms with Crippen LogP contribution in [0.5, 0.6) is 0 Å². The van der Waals surface area contributed by atoms with Gasteiger partial charge in [-0.15, -0.1) is 0 Å². The number of carboxylic acid groups (broad SMARTS) is 1. The van der Waals surface area contributed by atoms with Gasteiger partial charge in [-0.05, 0) is 43.1 Å². The third-order valence-corrected chi connectivity index (χ3v) is 5.97. The van der Waals surface area contributed by atoms with E-state index < -0.39 is 5.97 Å². The van der Waals surface area contributed by atoms with E-state index >= 15 is 0 Å². The Labute approximate surface area is 180 Å². The molecule has 3 N–H and O–H groups in total. The van der Waals surface area contributed by atoms with Gasteiger partial charge in [-0.3, -0.25) is 9.69 Å². The Morgan fingerprint density at radius 2 is 1.65 bits per heavy atom. The molecule has 5 rings (SSSR count). The molecule has 2 aromatic carbocycles. The number of benzene rings is 2. The summed E-state index contributed by atoms with van der Waals surface area (Å²) in [4.78, 5) is 23.0. The predicted molar refractivity (Wildman–Crippen MR) is 121 cm³/mol. The molecule has 158 valence electrons. The molecule has 7 nitrogen and oxygen atoms in total. The molecular formula is C24H25N5O2. The average Bonchev–Trinajstić information content (AvgIpc) is 3.38. The van der Waals surface area contributed by atoms with E-state index in [1.165, 1.54) is 31.5 Å². The lowest BCUT2D eigenvalue weighted by atomic mass is 10.1. The summed E-state index contributed by atoms with van der Waals surface area (Å²) in [6.45, 7) is 3.84. The highest BCUT2D eigenvalue weighted by atomic mass is 16.4. The van der Waals surface area contributed by atoms with Gasteiger partial charge in [0.2, 0.25) is 0 Å². The van der Waals surface area contributed by atoms with Crippen LogP contribution in [-0.4, -0.2) is 43.6 Å². The van der Waals surface area contributed by atoms with Crippen molar-refractivity contribution in [2.75, 3.05) is 18.8 Å². The van der Waals surface area contributed by atoms with E-state index in [0.717, 1.165) is 28.5 Å². The quantitative estimate of drug-likeness (QED) is 0.501. The number of hydrogen-bond donors (Lipinski definition) is 2.